The standard InChI is InChI=1S/C21H18ClN7O4/c1-26-18-17(19(30)27(2)21(26)31)28(12-14-3-7-15(22)8-4-14)20(24-18)25-23-11-13-5-9-16(10-6-13)29(32)33/h3-11H,12H2,1-2H3,(H,24,25). The maximum absolute atomic E-state index is 12.9. The van der Waals surface area contributed by atoms with Crippen LogP contribution in [0.1, 0.15) is 11.1 Å². The number of fused-ring (bicyclic) bond motifs is 1. The second kappa shape index (κ2) is 8.71. The van der Waals surface area contributed by atoms with Crippen LogP contribution < -0.4 is 16.7 Å². The lowest BCUT2D eigenvalue weighted by Crippen LogP contribution is -2.37. The summed E-state index contributed by atoms with van der Waals surface area (Å²) in [5, 5.41) is 15.5. The number of hydrogen-bond donors (Lipinski definition) is 1. The molecule has 0 amide bonds. The largest absolute Gasteiger partial charge is 0.332 e. The number of nitrogens with one attached hydrogen (secondary N) is 1. The monoisotopic (exact) mass is 467 g/mol. The van der Waals surface area contributed by atoms with Crippen LogP contribution in [0.4, 0.5) is 11.6 Å². The van der Waals surface area contributed by atoms with E-state index in [2.05, 4.69) is 15.5 Å². The topological polar surface area (TPSA) is 129 Å². The second-order valence-corrected chi connectivity index (χ2v) is 7.68. The fraction of sp³-hybridized carbons (Fsp3) is 0.143. The van der Waals surface area contributed by atoms with E-state index in [0.717, 1.165) is 10.1 Å². The fourth-order valence-corrected chi connectivity index (χ4v) is 3.43. The summed E-state index contributed by atoms with van der Waals surface area (Å²) in [6.07, 6.45) is 1.47. The van der Waals surface area contributed by atoms with Gasteiger partial charge in [-0.1, -0.05) is 23.7 Å². The Bertz CT molecular complexity index is 1500. The number of nitro benzene ring substituents is 1. The first-order chi connectivity index (χ1) is 15.8. The summed E-state index contributed by atoms with van der Waals surface area (Å²) < 4.78 is 3.94. The zero-order chi connectivity index (χ0) is 23.7. The number of nitro groups is 1. The number of non-ortho nitro benzene ring substituents is 1. The Kier molecular flexibility index (Phi) is 5.80. The second-order valence-electron chi connectivity index (χ2n) is 7.24. The van der Waals surface area contributed by atoms with Crippen molar-refractivity contribution in [1.82, 2.24) is 18.7 Å². The summed E-state index contributed by atoms with van der Waals surface area (Å²) in [5.74, 6) is 0.247. The lowest BCUT2D eigenvalue weighted by molar-refractivity contribution is -0.384. The molecule has 4 rings (SSSR count). The molecule has 0 spiro atoms. The fourth-order valence-electron chi connectivity index (χ4n) is 3.30. The Morgan fingerprint density at radius 1 is 1.09 bits per heavy atom. The van der Waals surface area contributed by atoms with Gasteiger partial charge in [0.05, 0.1) is 17.7 Å². The molecule has 0 fully saturated rings. The highest BCUT2D eigenvalue weighted by Gasteiger charge is 2.19. The van der Waals surface area contributed by atoms with Crippen LogP contribution >= 0.6 is 11.6 Å². The maximum atomic E-state index is 12.9. The van der Waals surface area contributed by atoms with E-state index in [9.17, 15) is 19.7 Å². The summed E-state index contributed by atoms with van der Waals surface area (Å²) in [6.45, 7) is 0.274. The van der Waals surface area contributed by atoms with Crippen molar-refractivity contribution in [3.63, 3.8) is 0 Å². The zero-order valence-corrected chi connectivity index (χ0v) is 18.4. The molecule has 0 saturated heterocycles. The van der Waals surface area contributed by atoms with E-state index in [1.165, 1.54) is 37.0 Å². The van der Waals surface area contributed by atoms with Crippen LogP contribution in [-0.4, -0.2) is 29.8 Å². The highest BCUT2D eigenvalue weighted by Crippen LogP contribution is 2.19. The number of benzene rings is 2. The van der Waals surface area contributed by atoms with E-state index in [0.29, 0.717) is 10.6 Å². The Labute approximate surface area is 191 Å². The molecule has 0 saturated carbocycles. The molecule has 2 aromatic heterocycles. The normalized spacial score (nSPS) is 11.4. The number of nitrogens with zero attached hydrogens (tertiary/aromatic N) is 6. The number of aromatic nitrogens is 4. The first kappa shape index (κ1) is 22.0. The average molecular weight is 468 g/mol. The Balaban J connectivity index is 1.76. The molecule has 0 aliphatic heterocycles. The van der Waals surface area contributed by atoms with Crippen LogP contribution in [0.15, 0.2) is 63.2 Å². The summed E-state index contributed by atoms with van der Waals surface area (Å²) >= 11 is 5.98. The van der Waals surface area contributed by atoms with Gasteiger partial charge in [-0.3, -0.25) is 28.6 Å². The van der Waals surface area contributed by atoms with Crippen molar-refractivity contribution in [2.45, 2.75) is 6.54 Å². The zero-order valence-electron chi connectivity index (χ0n) is 17.6. The van der Waals surface area contributed by atoms with Gasteiger partial charge in [-0.15, -0.1) is 0 Å². The number of rotatable bonds is 6. The van der Waals surface area contributed by atoms with Crippen LogP contribution in [0.25, 0.3) is 11.2 Å². The quantitative estimate of drug-likeness (QED) is 0.263. The molecule has 33 heavy (non-hydrogen) atoms. The average Bonchev–Trinajstić information content (AvgIpc) is 3.16. The Hall–Kier alpha value is -4.25. The van der Waals surface area contributed by atoms with Gasteiger partial charge < -0.3 is 0 Å². The number of hydrazone groups is 1. The molecule has 0 atom stereocenters. The van der Waals surface area contributed by atoms with Gasteiger partial charge in [0.15, 0.2) is 11.2 Å². The molecule has 2 heterocycles. The maximum Gasteiger partial charge on any atom is 0.332 e. The summed E-state index contributed by atoms with van der Waals surface area (Å²) in [5.41, 5.74) is 3.74. The van der Waals surface area contributed by atoms with Gasteiger partial charge in [0.25, 0.3) is 11.2 Å². The minimum atomic E-state index is -0.496. The molecule has 0 unspecified atom stereocenters. The van der Waals surface area contributed by atoms with E-state index in [-0.39, 0.29) is 29.3 Å². The Morgan fingerprint density at radius 3 is 2.39 bits per heavy atom. The smallest absolute Gasteiger partial charge is 0.298 e. The predicted molar refractivity (Wildman–Crippen MR) is 125 cm³/mol. The van der Waals surface area contributed by atoms with Crippen LogP contribution in [0.5, 0.6) is 0 Å². The molecule has 11 nitrogen and oxygen atoms in total. The number of halogens is 1. The van der Waals surface area contributed by atoms with E-state index >= 15 is 0 Å². The van der Waals surface area contributed by atoms with E-state index in [1.807, 2.05) is 12.1 Å². The first-order valence-corrected chi connectivity index (χ1v) is 10.1. The highest BCUT2D eigenvalue weighted by molar-refractivity contribution is 6.30. The SMILES string of the molecule is Cn1c(=O)c2c(nc(NN=Cc3ccc([N+](=O)[O-])cc3)n2Cc2ccc(Cl)cc2)n(C)c1=O. The van der Waals surface area contributed by atoms with Crippen molar-refractivity contribution >= 4 is 40.6 Å². The number of aryl methyl sites for hydroxylation is 1. The molecule has 0 aliphatic rings. The van der Waals surface area contributed by atoms with Gasteiger partial charge in [0, 0.05) is 31.3 Å². The molecular formula is C21H18ClN7O4. The number of anilines is 1. The molecule has 1 N–H and O–H groups in total. The van der Waals surface area contributed by atoms with Crippen LogP contribution in [0.3, 0.4) is 0 Å². The van der Waals surface area contributed by atoms with Crippen molar-refractivity contribution in [3.8, 4) is 0 Å². The molecular weight excluding hydrogens is 450 g/mol. The Morgan fingerprint density at radius 2 is 1.76 bits per heavy atom. The van der Waals surface area contributed by atoms with Crippen molar-refractivity contribution in [3.05, 3.63) is 95.6 Å². The van der Waals surface area contributed by atoms with Gasteiger partial charge in [0.1, 0.15) is 0 Å². The molecule has 0 bridgehead atoms. The summed E-state index contributed by atoms with van der Waals surface area (Å²) in [7, 11) is 2.94. The lowest BCUT2D eigenvalue weighted by Gasteiger charge is -2.09. The minimum Gasteiger partial charge on any atom is -0.298 e. The molecule has 4 aromatic rings. The lowest BCUT2D eigenvalue weighted by atomic mass is 10.2. The molecule has 2 aromatic carbocycles. The molecule has 168 valence electrons. The van der Waals surface area contributed by atoms with Crippen molar-refractivity contribution in [2.75, 3.05) is 5.43 Å². The van der Waals surface area contributed by atoms with Crippen molar-refractivity contribution < 1.29 is 4.92 Å². The first-order valence-electron chi connectivity index (χ1n) is 9.70. The van der Waals surface area contributed by atoms with Crippen LogP contribution in [0, 0.1) is 10.1 Å². The van der Waals surface area contributed by atoms with Gasteiger partial charge >= 0.3 is 5.69 Å². The minimum absolute atomic E-state index is 0.0263. The molecule has 0 radical (unpaired) electrons. The van der Waals surface area contributed by atoms with Crippen molar-refractivity contribution in [1.29, 1.82) is 0 Å². The summed E-state index contributed by atoms with van der Waals surface area (Å²) in [6, 6.07) is 13.0. The van der Waals surface area contributed by atoms with Gasteiger partial charge in [-0.25, -0.2) is 10.2 Å². The molecule has 12 heteroatoms. The summed E-state index contributed by atoms with van der Waals surface area (Å²) in [4.78, 5) is 40.0. The van der Waals surface area contributed by atoms with Gasteiger partial charge in [-0.05, 0) is 35.4 Å². The van der Waals surface area contributed by atoms with E-state index in [4.69, 9.17) is 11.6 Å². The third-order valence-electron chi connectivity index (χ3n) is 5.08. The highest BCUT2D eigenvalue weighted by atomic mass is 35.5. The van der Waals surface area contributed by atoms with E-state index < -0.39 is 16.2 Å². The third kappa shape index (κ3) is 4.26. The number of hydrogen-bond acceptors (Lipinski definition) is 7. The third-order valence-corrected chi connectivity index (χ3v) is 5.34. The van der Waals surface area contributed by atoms with Crippen LogP contribution in [-0.2, 0) is 20.6 Å². The number of imidazole rings is 1. The van der Waals surface area contributed by atoms with Gasteiger partial charge in [-0.2, -0.15) is 10.1 Å². The van der Waals surface area contributed by atoms with Crippen molar-refractivity contribution in [2.24, 2.45) is 19.2 Å². The molecule has 0 aliphatic carbocycles. The van der Waals surface area contributed by atoms with Gasteiger partial charge in [0.2, 0.25) is 5.95 Å². The predicted octanol–water partition coefficient (Wildman–Crippen LogP) is 2.49. The van der Waals surface area contributed by atoms with Crippen LogP contribution in [0.2, 0.25) is 5.02 Å². The van der Waals surface area contributed by atoms with E-state index in [1.54, 1.807) is 28.8 Å².